The van der Waals surface area contributed by atoms with Crippen molar-refractivity contribution in [1.82, 2.24) is 10.3 Å². The van der Waals surface area contributed by atoms with E-state index in [9.17, 15) is 4.79 Å². The van der Waals surface area contributed by atoms with Gasteiger partial charge in [0.15, 0.2) is 0 Å². The van der Waals surface area contributed by atoms with Crippen LogP contribution in [0.15, 0.2) is 12.3 Å². The van der Waals surface area contributed by atoms with Crippen LogP contribution in [0.5, 0.6) is 0 Å². The molecule has 1 amide bonds. The molecule has 1 aromatic rings. The van der Waals surface area contributed by atoms with Crippen molar-refractivity contribution in [3.05, 3.63) is 17.8 Å². The van der Waals surface area contributed by atoms with Crippen molar-refractivity contribution in [3.8, 4) is 6.07 Å². The first-order valence-electron chi connectivity index (χ1n) is 4.27. The van der Waals surface area contributed by atoms with Gasteiger partial charge in [0.05, 0.1) is 17.8 Å². The Morgan fingerprint density at radius 1 is 1.73 bits per heavy atom. The molecule has 6 nitrogen and oxygen atoms in total. The second kappa shape index (κ2) is 4.81. The average molecular weight is 205 g/mol. The van der Waals surface area contributed by atoms with Gasteiger partial charge < -0.3 is 16.4 Å². The van der Waals surface area contributed by atoms with Gasteiger partial charge in [-0.25, -0.2) is 4.98 Å². The Bertz CT molecular complexity index is 409. The summed E-state index contributed by atoms with van der Waals surface area (Å²) in [7, 11) is 1.54. The van der Waals surface area contributed by atoms with Crippen LogP contribution in [0.3, 0.4) is 0 Å². The van der Waals surface area contributed by atoms with E-state index in [0.717, 1.165) is 0 Å². The van der Waals surface area contributed by atoms with Crippen LogP contribution in [0.1, 0.15) is 5.56 Å². The minimum atomic E-state index is -0.166. The van der Waals surface area contributed by atoms with Gasteiger partial charge in [-0.15, -0.1) is 0 Å². The molecule has 1 heterocycles. The molecule has 0 saturated carbocycles. The van der Waals surface area contributed by atoms with Gasteiger partial charge in [-0.2, -0.15) is 5.26 Å². The van der Waals surface area contributed by atoms with Gasteiger partial charge in [-0.05, 0) is 6.07 Å². The molecule has 0 radical (unpaired) electrons. The smallest absolute Gasteiger partial charge is 0.239 e. The number of carbonyl (C=O) groups excluding carboxylic acids is 1. The molecular formula is C9H11N5O. The van der Waals surface area contributed by atoms with Crippen LogP contribution in [0.4, 0.5) is 11.5 Å². The third kappa shape index (κ3) is 2.84. The van der Waals surface area contributed by atoms with Crippen LogP contribution in [-0.2, 0) is 4.79 Å². The number of nitriles is 1. The number of rotatable bonds is 3. The summed E-state index contributed by atoms with van der Waals surface area (Å²) in [5, 5.41) is 13.8. The van der Waals surface area contributed by atoms with Crippen LogP contribution in [0.25, 0.3) is 0 Å². The minimum Gasteiger partial charge on any atom is -0.396 e. The zero-order valence-corrected chi connectivity index (χ0v) is 8.24. The van der Waals surface area contributed by atoms with Crippen LogP contribution >= 0.6 is 0 Å². The van der Waals surface area contributed by atoms with Crippen LogP contribution in [-0.4, -0.2) is 24.5 Å². The average Bonchev–Trinajstić information content (AvgIpc) is 2.26. The molecule has 0 saturated heterocycles. The van der Waals surface area contributed by atoms with E-state index in [1.165, 1.54) is 12.3 Å². The van der Waals surface area contributed by atoms with E-state index in [2.05, 4.69) is 15.6 Å². The van der Waals surface area contributed by atoms with Crippen molar-refractivity contribution in [3.63, 3.8) is 0 Å². The first-order chi connectivity index (χ1) is 7.17. The Balaban J connectivity index is 2.71. The Morgan fingerprint density at radius 3 is 3.00 bits per heavy atom. The Hall–Kier alpha value is -2.29. The zero-order chi connectivity index (χ0) is 11.3. The number of nitrogen functional groups attached to an aromatic ring is 1. The number of anilines is 2. The molecule has 0 fully saturated rings. The fraction of sp³-hybridized carbons (Fsp3) is 0.222. The predicted molar refractivity (Wildman–Crippen MR) is 55.9 cm³/mol. The number of aromatic nitrogens is 1. The molecule has 0 aliphatic heterocycles. The molecule has 1 aromatic heterocycles. The summed E-state index contributed by atoms with van der Waals surface area (Å²) in [4.78, 5) is 14.8. The largest absolute Gasteiger partial charge is 0.396 e. The summed E-state index contributed by atoms with van der Waals surface area (Å²) in [6.07, 6.45) is 1.39. The molecule has 0 aliphatic carbocycles. The fourth-order valence-corrected chi connectivity index (χ4v) is 0.943. The Kier molecular flexibility index (Phi) is 3.46. The number of likely N-dealkylation sites (N-methyl/N-ethyl adjacent to an activating group) is 1. The van der Waals surface area contributed by atoms with E-state index < -0.39 is 0 Å². The van der Waals surface area contributed by atoms with Crippen molar-refractivity contribution in [2.24, 2.45) is 0 Å². The van der Waals surface area contributed by atoms with Crippen LogP contribution in [0, 0.1) is 11.3 Å². The number of hydrogen-bond donors (Lipinski definition) is 3. The number of nitrogens with zero attached hydrogens (tertiary/aromatic N) is 2. The minimum absolute atomic E-state index is 0.0968. The highest BCUT2D eigenvalue weighted by molar-refractivity contribution is 5.81. The maximum Gasteiger partial charge on any atom is 0.239 e. The summed E-state index contributed by atoms with van der Waals surface area (Å²) < 4.78 is 0. The highest BCUT2D eigenvalue weighted by atomic mass is 16.1. The lowest BCUT2D eigenvalue weighted by molar-refractivity contribution is -0.118. The normalized spacial score (nSPS) is 9.07. The quantitative estimate of drug-likeness (QED) is 0.628. The van der Waals surface area contributed by atoms with E-state index >= 15 is 0 Å². The summed E-state index contributed by atoms with van der Waals surface area (Å²) in [6, 6.07) is 3.42. The topological polar surface area (TPSA) is 104 Å². The third-order valence-corrected chi connectivity index (χ3v) is 1.74. The molecule has 0 bridgehead atoms. The maximum atomic E-state index is 10.9. The van der Waals surface area contributed by atoms with Gasteiger partial charge in [0, 0.05) is 13.2 Å². The lowest BCUT2D eigenvalue weighted by Crippen LogP contribution is -2.26. The van der Waals surface area contributed by atoms with Crippen LogP contribution < -0.4 is 16.4 Å². The number of pyridine rings is 1. The van der Waals surface area contributed by atoms with E-state index in [0.29, 0.717) is 17.1 Å². The lowest BCUT2D eigenvalue weighted by atomic mass is 10.3. The number of carbonyl (C=O) groups is 1. The lowest BCUT2D eigenvalue weighted by Gasteiger charge is -2.06. The summed E-state index contributed by atoms with van der Waals surface area (Å²) in [6.45, 7) is 0.0968. The highest BCUT2D eigenvalue weighted by Gasteiger charge is 2.03. The molecule has 4 N–H and O–H groups in total. The molecule has 78 valence electrons. The third-order valence-electron chi connectivity index (χ3n) is 1.74. The molecule has 6 heteroatoms. The monoisotopic (exact) mass is 205 g/mol. The molecule has 0 atom stereocenters. The zero-order valence-electron chi connectivity index (χ0n) is 8.24. The summed E-state index contributed by atoms with van der Waals surface area (Å²) in [5.41, 5.74) is 6.35. The molecule has 0 spiro atoms. The number of nitrogens with two attached hydrogens (primary N) is 1. The van der Waals surface area contributed by atoms with E-state index in [-0.39, 0.29) is 12.5 Å². The van der Waals surface area contributed by atoms with Gasteiger partial charge in [0.2, 0.25) is 5.91 Å². The second-order valence-corrected chi connectivity index (χ2v) is 2.80. The van der Waals surface area contributed by atoms with Crippen LogP contribution in [0.2, 0.25) is 0 Å². The first-order valence-corrected chi connectivity index (χ1v) is 4.27. The van der Waals surface area contributed by atoms with Gasteiger partial charge >= 0.3 is 0 Å². The van der Waals surface area contributed by atoms with Crippen molar-refractivity contribution in [2.45, 2.75) is 0 Å². The number of amides is 1. The van der Waals surface area contributed by atoms with E-state index in [4.69, 9.17) is 11.0 Å². The van der Waals surface area contributed by atoms with E-state index in [1.54, 1.807) is 7.05 Å². The maximum absolute atomic E-state index is 10.9. The second-order valence-electron chi connectivity index (χ2n) is 2.80. The Morgan fingerprint density at radius 2 is 2.47 bits per heavy atom. The van der Waals surface area contributed by atoms with Gasteiger partial charge in [0.1, 0.15) is 11.9 Å². The highest BCUT2D eigenvalue weighted by Crippen LogP contribution is 2.15. The van der Waals surface area contributed by atoms with Crippen molar-refractivity contribution in [2.75, 3.05) is 24.6 Å². The van der Waals surface area contributed by atoms with Gasteiger partial charge in [-0.1, -0.05) is 0 Å². The first kappa shape index (κ1) is 10.8. The van der Waals surface area contributed by atoms with E-state index in [1.807, 2.05) is 6.07 Å². The molecule has 15 heavy (non-hydrogen) atoms. The standard InChI is InChI=1S/C9H11N5O/c1-12-8(15)5-14-9-7(11)2-6(3-10)4-13-9/h2,4H,5,11H2,1H3,(H,12,15)(H,13,14). The number of nitrogens with one attached hydrogen (secondary N) is 2. The molecule has 1 rings (SSSR count). The van der Waals surface area contributed by atoms with Crippen molar-refractivity contribution >= 4 is 17.4 Å². The fourth-order valence-electron chi connectivity index (χ4n) is 0.943. The van der Waals surface area contributed by atoms with Gasteiger partial charge in [0.25, 0.3) is 0 Å². The van der Waals surface area contributed by atoms with Crippen molar-refractivity contribution in [1.29, 1.82) is 5.26 Å². The summed E-state index contributed by atoms with van der Waals surface area (Å²) in [5.74, 6) is 0.234. The molecule has 0 aliphatic rings. The Labute approximate surface area is 87.1 Å². The van der Waals surface area contributed by atoms with Crippen molar-refractivity contribution < 1.29 is 4.79 Å². The molecule has 0 aromatic carbocycles. The molecule has 0 unspecified atom stereocenters. The summed E-state index contributed by atoms with van der Waals surface area (Å²) >= 11 is 0. The van der Waals surface area contributed by atoms with Gasteiger partial charge in [-0.3, -0.25) is 4.79 Å². The SMILES string of the molecule is CNC(=O)CNc1ncc(C#N)cc1N. The number of hydrogen-bond acceptors (Lipinski definition) is 5. The predicted octanol–water partition coefficient (Wildman–Crippen LogP) is -0.307. The molecular weight excluding hydrogens is 194 g/mol.